The van der Waals surface area contributed by atoms with Crippen molar-refractivity contribution in [1.29, 1.82) is 0 Å². The van der Waals surface area contributed by atoms with Crippen molar-refractivity contribution in [3.63, 3.8) is 0 Å². The molecule has 162 valence electrons. The predicted octanol–water partition coefficient (Wildman–Crippen LogP) is 2.31. The number of hydrogen-bond acceptors (Lipinski definition) is 6. The van der Waals surface area contributed by atoms with Crippen molar-refractivity contribution in [1.82, 2.24) is 24.0 Å². The molecule has 0 bridgehead atoms. The molecule has 0 saturated carbocycles. The smallest absolute Gasteiger partial charge is 0.332 e. The average Bonchev–Trinajstić information content (AvgIpc) is 3.25. The number of nitrogens with zero attached hydrogens (tertiary/aromatic N) is 5. The van der Waals surface area contributed by atoms with Gasteiger partial charge in [-0.3, -0.25) is 18.8 Å². The third-order valence-electron chi connectivity index (χ3n) is 7.14. The average molecular weight is 485 g/mol. The molecule has 2 aromatic heterocycles. The van der Waals surface area contributed by atoms with Crippen LogP contribution in [0.1, 0.15) is 36.9 Å². The van der Waals surface area contributed by atoms with Crippen molar-refractivity contribution < 1.29 is 0 Å². The summed E-state index contributed by atoms with van der Waals surface area (Å²) < 4.78 is 3.51. The predicted molar refractivity (Wildman–Crippen MR) is 124 cm³/mol. The number of anilines is 1. The molecule has 3 aromatic rings. The summed E-state index contributed by atoms with van der Waals surface area (Å²) in [5.41, 5.74) is 2.79. The van der Waals surface area contributed by atoms with Gasteiger partial charge in [0.25, 0.3) is 5.56 Å². The van der Waals surface area contributed by atoms with Gasteiger partial charge < -0.3 is 5.32 Å². The Morgan fingerprint density at radius 2 is 2.03 bits per heavy atom. The fourth-order valence-electron chi connectivity index (χ4n) is 5.63. The molecule has 1 aromatic carbocycles. The number of likely N-dealkylation sites (tertiary alicyclic amines) is 1. The summed E-state index contributed by atoms with van der Waals surface area (Å²) in [6, 6.07) is 6.42. The molecule has 3 atom stereocenters. The first kappa shape index (κ1) is 20.4. The van der Waals surface area contributed by atoms with Gasteiger partial charge in [0.1, 0.15) is 0 Å². The normalized spacial score (nSPS) is 23.6. The highest BCUT2D eigenvalue weighted by Gasteiger charge is 2.57. The maximum atomic E-state index is 12.8. The number of rotatable bonds is 3. The lowest BCUT2D eigenvalue weighted by Gasteiger charge is -2.38. The van der Waals surface area contributed by atoms with E-state index in [2.05, 4.69) is 63.3 Å². The van der Waals surface area contributed by atoms with E-state index in [4.69, 9.17) is 4.98 Å². The summed E-state index contributed by atoms with van der Waals surface area (Å²) in [6.07, 6.45) is 3.73. The molecule has 0 unspecified atom stereocenters. The highest BCUT2D eigenvalue weighted by Crippen LogP contribution is 2.56. The number of halogens is 1. The first-order chi connectivity index (χ1) is 14.8. The molecule has 2 aliphatic rings. The van der Waals surface area contributed by atoms with Crippen molar-refractivity contribution >= 4 is 32.8 Å². The van der Waals surface area contributed by atoms with Crippen LogP contribution in [-0.4, -0.2) is 43.8 Å². The fraction of sp³-hybridized carbons (Fsp3) is 0.455. The van der Waals surface area contributed by atoms with E-state index in [-0.39, 0.29) is 23.0 Å². The van der Waals surface area contributed by atoms with Crippen molar-refractivity contribution in [2.45, 2.75) is 37.3 Å². The molecule has 4 heterocycles. The van der Waals surface area contributed by atoms with Crippen LogP contribution >= 0.6 is 15.9 Å². The second-order valence-electron chi connectivity index (χ2n) is 8.64. The Balaban J connectivity index is 1.74. The lowest BCUT2D eigenvalue weighted by Crippen LogP contribution is -2.45. The molecule has 31 heavy (non-hydrogen) atoms. The Hall–Kier alpha value is -2.52. The fourth-order valence-corrected chi connectivity index (χ4v) is 6.00. The van der Waals surface area contributed by atoms with Gasteiger partial charge in [-0.2, -0.15) is 0 Å². The Morgan fingerprint density at radius 1 is 1.26 bits per heavy atom. The van der Waals surface area contributed by atoms with E-state index < -0.39 is 11.2 Å². The van der Waals surface area contributed by atoms with Gasteiger partial charge in [0.15, 0.2) is 11.2 Å². The third kappa shape index (κ3) is 2.69. The summed E-state index contributed by atoms with van der Waals surface area (Å²) >= 11 is 3.59. The van der Waals surface area contributed by atoms with E-state index in [0.717, 1.165) is 39.8 Å². The largest absolute Gasteiger partial charge is 0.369 e. The highest BCUT2D eigenvalue weighted by atomic mass is 79.9. The van der Waals surface area contributed by atoms with E-state index in [9.17, 15) is 9.59 Å². The van der Waals surface area contributed by atoms with Crippen LogP contribution in [0.25, 0.3) is 11.2 Å². The number of fused-ring (bicyclic) bond motifs is 4. The number of likely N-dealkylation sites (N-methyl/N-ethyl adjacent to an activating group) is 1. The van der Waals surface area contributed by atoms with Crippen molar-refractivity contribution in [3.05, 3.63) is 61.0 Å². The van der Waals surface area contributed by atoms with Crippen LogP contribution in [0.2, 0.25) is 0 Å². The Morgan fingerprint density at radius 3 is 2.77 bits per heavy atom. The molecule has 2 aliphatic heterocycles. The van der Waals surface area contributed by atoms with Crippen molar-refractivity contribution in [3.8, 4) is 0 Å². The maximum absolute atomic E-state index is 12.8. The monoisotopic (exact) mass is 484 g/mol. The van der Waals surface area contributed by atoms with Crippen molar-refractivity contribution in [2.24, 2.45) is 14.1 Å². The van der Waals surface area contributed by atoms with E-state index in [1.807, 2.05) is 0 Å². The number of aromatic nitrogens is 4. The zero-order valence-corrected chi connectivity index (χ0v) is 19.6. The molecule has 0 amide bonds. The van der Waals surface area contributed by atoms with Crippen LogP contribution in [-0.2, 0) is 19.5 Å². The summed E-state index contributed by atoms with van der Waals surface area (Å²) in [6.45, 7) is 3.14. The van der Waals surface area contributed by atoms with Gasteiger partial charge in [-0.15, -0.1) is 0 Å². The summed E-state index contributed by atoms with van der Waals surface area (Å²) in [4.78, 5) is 36.8. The standard InChI is InChI=1S/C22H25BrN6O2/c1-5-13(16-11-24-18-17(25-16)19(30)29(4)21(31)28(18)3)22-8-9-27(2)20(22)26-15-10-12(23)6-7-14(15)22/h6-7,10-11,13,20,26H,5,8-9H2,1-4H3/t13-,20-,22+/m0/s1. The van der Waals surface area contributed by atoms with E-state index in [1.54, 1.807) is 13.2 Å². The van der Waals surface area contributed by atoms with E-state index in [0.29, 0.717) is 5.65 Å². The minimum Gasteiger partial charge on any atom is -0.369 e. The van der Waals surface area contributed by atoms with Gasteiger partial charge in [-0.1, -0.05) is 28.9 Å². The number of aryl methyl sites for hydroxylation is 1. The van der Waals surface area contributed by atoms with Crippen LogP contribution in [0, 0.1) is 0 Å². The minimum absolute atomic E-state index is 0.0659. The highest BCUT2D eigenvalue weighted by molar-refractivity contribution is 9.10. The molecule has 0 radical (unpaired) electrons. The molecule has 0 aliphatic carbocycles. The summed E-state index contributed by atoms with van der Waals surface area (Å²) in [5.74, 6) is 0.0659. The summed E-state index contributed by atoms with van der Waals surface area (Å²) in [5, 5.41) is 3.72. The van der Waals surface area contributed by atoms with Gasteiger partial charge in [-0.05, 0) is 37.6 Å². The first-order valence-electron chi connectivity index (χ1n) is 10.5. The Labute approximate surface area is 188 Å². The Kier molecular flexibility index (Phi) is 4.60. The Bertz CT molecular complexity index is 1330. The SMILES string of the molecule is CC[C@@H](c1cnc2c(n1)c(=O)n(C)c(=O)n2C)[C@@]12CCN(C)[C@@H]1Nc1cc(Br)ccc12. The molecule has 5 rings (SSSR count). The van der Waals surface area contributed by atoms with Crippen LogP contribution in [0.15, 0.2) is 38.5 Å². The minimum atomic E-state index is -0.409. The molecule has 1 fully saturated rings. The molecular weight excluding hydrogens is 460 g/mol. The molecule has 0 spiro atoms. The summed E-state index contributed by atoms with van der Waals surface area (Å²) in [7, 11) is 5.24. The third-order valence-corrected chi connectivity index (χ3v) is 7.63. The van der Waals surface area contributed by atoms with Gasteiger partial charge in [0.2, 0.25) is 0 Å². The number of benzene rings is 1. The van der Waals surface area contributed by atoms with E-state index >= 15 is 0 Å². The molecule has 1 N–H and O–H groups in total. The van der Waals surface area contributed by atoms with Crippen LogP contribution in [0.4, 0.5) is 5.69 Å². The van der Waals surface area contributed by atoms with Gasteiger partial charge in [0, 0.05) is 42.1 Å². The molecular formula is C22H25BrN6O2. The quantitative estimate of drug-likeness (QED) is 0.613. The lowest BCUT2D eigenvalue weighted by molar-refractivity contribution is 0.247. The van der Waals surface area contributed by atoms with Gasteiger partial charge in [-0.25, -0.2) is 14.8 Å². The second-order valence-corrected chi connectivity index (χ2v) is 9.56. The molecule has 9 heteroatoms. The zero-order valence-electron chi connectivity index (χ0n) is 18.0. The van der Waals surface area contributed by atoms with Crippen molar-refractivity contribution in [2.75, 3.05) is 18.9 Å². The first-order valence-corrected chi connectivity index (χ1v) is 11.3. The van der Waals surface area contributed by atoms with Crippen LogP contribution < -0.4 is 16.6 Å². The van der Waals surface area contributed by atoms with Gasteiger partial charge >= 0.3 is 5.69 Å². The lowest BCUT2D eigenvalue weighted by atomic mass is 9.67. The van der Waals surface area contributed by atoms with Crippen LogP contribution in [0.3, 0.4) is 0 Å². The van der Waals surface area contributed by atoms with Gasteiger partial charge in [0.05, 0.1) is 18.1 Å². The van der Waals surface area contributed by atoms with Crippen LogP contribution in [0.5, 0.6) is 0 Å². The zero-order chi connectivity index (χ0) is 22.1. The number of hydrogen-bond donors (Lipinski definition) is 1. The second kappa shape index (κ2) is 7.00. The molecule has 1 saturated heterocycles. The maximum Gasteiger partial charge on any atom is 0.332 e. The number of nitrogens with one attached hydrogen (secondary N) is 1. The van der Waals surface area contributed by atoms with E-state index in [1.165, 1.54) is 17.2 Å². The topological polar surface area (TPSA) is 85.0 Å². The molecule has 8 nitrogen and oxygen atoms in total.